The minimum Gasteiger partial charge on any atom is -0.388 e. The van der Waals surface area contributed by atoms with E-state index in [-0.39, 0.29) is 23.7 Å². The SMILES string of the molecule is CC1(C(=O)NCCC(O)c2ccccc2)CCCNC1.Cl. The van der Waals surface area contributed by atoms with Gasteiger partial charge in [0, 0.05) is 13.1 Å². The molecule has 1 saturated heterocycles. The van der Waals surface area contributed by atoms with Gasteiger partial charge < -0.3 is 15.7 Å². The van der Waals surface area contributed by atoms with Crippen molar-refractivity contribution in [1.29, 1.82) is 0 Å². The summed E-state index contributed by atoms with van der Waals surface area (Å²) in [6.07, 6.45) is 1.98. The number of piperidine rings is 1. The van der Waals surface area contributed by atoms with Crippen molar-refractivity contribution in [2.75, 3.05) is 19.6 Å². The Kier molecular flexibility index (Phi) is 7.15. The highest BCUT2D eigenvalue weighted by molar-refractivity contribution is 5.85. The van der Waals surface area contributed by atoms with Crippen LogP contribution in [0.3, 0.4) is 0 Å². The highest BCUT2D eigenvalue weighted by Gasteiger charge is 2.34. The molecule has 3 N–H and O–H groups in total. The van der Waals surface area contributed by atoms with Crippen molar-refractivity contribution in [2.45, 2.75) is 32.3 Å². The van der Waals surface area contributed by atoms with Gasteiger partial charge in [0.2, 0.25) is 5.91 Å². The maximum atomic E-state index is 12.2. The van der Waals surface area contributed by atoms with Gasteiger partial charge in [0.25, 0.3) is 0 Å². The molecule has 5 heteroatoms. The zero-order chi connectivity index (χ0) is 14.4. The predicted molar refractivity (Wildman–Crippen MR) is 86.5 cm³/mol. The molecule has 1 aromatic rings. The van der Waals surface area contributed by atoms with Crippen LogP contribution in [-0.2, 0) is 4.79 Å². The highest BCUT2D eigenvalue weighted by atomic mass is 35.5. The third-order valence-corrected chi connectivity index (χ3v) is 4.03. The molecule has 0 radical (unpaired) electrons. The summed E-state index contributed by atoms with van der Waals surface area (Å²) in [7, 11) is 0. The molecular weight excluding hydrogens is 288 g/mol. The van der Waals surface area contributed by atoms with E-state index in [1.165, 1.54) is 0 Å². The van der Waals surface area contributed by atoms with Crippen molar-refractivity contribution in [3.8, 4) is 0 Å². The zero-order valence-corrected chi connectivity index (χ0v) is 13.3. The molecule has 1 fully saturated rings. The summed E-state index contributed by atoms with van der Waals surface area (Å²) in [5.41, 5.74) is 0.586. The minimum atomic E-state index is -0.520. The molecule has 0 spiro atoms. The Balaban J connectivity index is 0.00000220. The normalized spacial score (nSPS) is 23.0. The van der Waals surface area contributed by atoms with E-state index in [1.807, 2.05) is 37.3 Å². The number of hydrogen-bond acceptors (Lipinski definition) is 3. The molecule has 1 aliphatic rings. The maximum Gasteiger partial charge on any atom is 0.227 e. The van der Waals surface area contributed by atoms with Crippen LogP contribution in [0.2, 0.25) is 0 Å². The number of benzene rings is 1. The molecule has 0 saturated carbocycles. The second-order valence-electron chi connectivity index (χ2n) is 5.81. The number of hydrogen-bond donors (Lipinski definition) is 3. The molecule has 21 heavy (non-hydrogen) atoms. The number of amides is 1. The van der Waals surface area contributed by atoms with Gasteiger partial charge in [-0.15, -0.1) is 12.4 Å². The molecule has 1 aliphatic heterocycles. The van der Waals surface area contributed by atoms with Gasteiger partial charge in [-0.25, -0.2) is 0 Å². The van der Waals surface area contributed by atoms with Gasteiger partial charge in [-0.2, -0.15) is 0 Å². The fourth-order valence-corrected chi connectivity index (χ4v) is 2.63. The van der Waals surface area contributed by atoms with Crippen molar-refractivity contribution >= 4 is 18.3 Å². The lowest BCUT2D eigenvalue weighted by atomic mass is 9.82. The molecule has 1 amide bonds. The average Bonchev–Trinajstić information content (AvgIpc) is 2.48. The first-order chi connectivity index (χ1) is 9.62. The van der Waals surface area contributed by atoms with E-state index >= 15 is 0 Å². The largest absolute Gasteiger partial charge is 0.388 e. The van der Waals surface area contributed by atoms with Gasteiger partial charge >= 0.3 is 0 Å². The molecule has 2 atom stereocenters. The monoisotopic (exact) mass is 312 g/mol. The van der Waals surface area contributed by atoms with Crippen molar-refractivity contribution in [3.05, 3.63) is 35.9 Å². The summed E-state index contributed by atoms with van der Waals surface area (Å²) < 4.78 is 0. The van der Waals surface area contributed by atoms with E-state index in [0.717, 1.165) is 31.5 Å². The molecule has 2 rings (SSSR count). The third-order valence-electron chi connectivity index (χ3n) is 4.03. The fraction of sp³-hybridized carbons (Fsp3) is 0.562. The van der Waals surface area contributed by atoms with Crippen LogP contribution in [0.25, 0.3) is 0 Å². The highest BCUT2D eigenvalue weighted by Crippen LogP contribution is 2.25. The smallest absolute Gasteiger partial charge is 0.227 e. The van der Waals surface area contributed by atoms with Crippen LogP contribution >= 0.6 is 12.4 Å². The topological polar surface area (TPSA) is 61.4 Å². The lowest BCUT2D eigenvalue weighted by molar-refractivity contribution is -0.131. The van der Waals surface area contributed by atoms with Crippen molar-refractivity contribution in [1.82, 2.24) is 10.6 Å². The number of aliphatic hydroxyl groups is 1. The van der Waals surface area contributed by atoms with Gasteiger partial charge in [-0.05, 0) is 38.3 Å². The molecule has 2 unspecified atom stereocenters. The van der Waals surface area contributed by atoms with E-state index < -0.39 is 6.10 Å². The first-order valence-electron chi connectivity index (χ1n) is 7.34. The summed E-state index contributed by atoms with van der Waals surface area (Å²) in [4.78, 5) is 12.2. The minimum absolute atomic E-state index is 0. The number of halogens is 1. The van der Waals surface area contributed by atoms with Crippen molar-refractivity contribution < 1.29 is 9.90 Å². The molecule has 0 aromatic heterocycles. The van der Waals surface area contributed by atoms with Crippen molar-refractivity contribution in [2.24, 2.45) is 5.41 Å². The number of carbonyl (C=O) groups is 1. The van der Waals surface area contributed by atoms with E-state index in [1.54, 1.807) is 0 Å². The zero-order valence-electron chi connectivity index (χ0n) is 12.5. The molecule has 118 valence electrons. The van der Waals surface area contributed by atoms with E-state index in [4.69, 9.17) is 0 Å². The Morgan fingerprint density at radius 2 is 2.14 bits per heavy atom. The fourth-order valence-electron chi connectivity index (χ4n) is 2.63. The first-order valence-corrected chi connectivity index (χ1v) is 7.34. The second-order valence-corrected chi connectivity index (χ2v) is 5.81. The average molecular weight is 313 g/mol. The number of carbonyl (C=O) groups excluding carboxylic acids is 1. The molecular formula is C16H25ClN2O2. The van der Waals surface area contributed by atoms with Crippen LogP contribution in [0, 0.1) is 5.41 Å². The standard InChI is InChI=1S/C16H24N2O2.ClH/c1-16(9-5-10-17-12-16)15(20)18-11-8-14(19)13-6-3-2-4-7-13;/h2-4,6-7,14,17,19H,5,8-12H2,1H3,(H,18,20);1H. The van der Waals surface area contributed by atoms with Gasteiger partial charge in [0.05, 0.1) is 11.5 Å². The Morgan fingerprint density at radius 3 is 2.76 bits per heavy atom. The molecule has 0 bridgehead atoms. The van der Waals surface area contributed by atoms with Gasteiger partial charge in [0.1, 0.15) is 0 Å². The molecule has 1 aromatic carbocycles. The summed E-state index contributed by atoms with van der Waals surface area (Å²) >= 11 is 0. The first kappa shape index (κ1) is 18.0. The third kappa shape index (κ3) is 4.99. The molecule has 4 nitrogen and oxygen atoms in total. The lowest BCUT2D eigenvalue weighted by Gasteiger charge is -2.32. The molecule has 0 aliphatic carbocycles. The van der Waals surface area contributed by atoms with Gasteiger partial charge in [-0.3, -0.25) is 4.79 Å². The van der Waals surface area contributed by atoms with Crippen LogP contribution in [0.5, 0.6) is 0 Å². The summed E-state index contributed by atoms with van der Waals surface area (Å²) in [6, 6.07) is 9.55. The molecule has 1 heterocycles. The van der Waals surface area contributed by atoms with E-state index in [2.05, 4.69) is 10.6 Å². The second kappa shape index (κ2) is 8.37. The Bertz CT molecular complexity index is 433. The summed E-state index contributed by atoms with van der Waals surface area (Å²) in [5, 5.41) is 16.3. The van der Waals surface area contributed by atoms with Crippen LogP contribution < -0.4 is 10.6 Å². The Morgan fingerprint density at radius 1 is 1.43 bits per heavy atom. The predicted octanol–water partition coefficient (Wildman–Crippen LogP) is 2.04. The van der Waals surface area contributed by atoms with Gasteiger partial charge in [0.15, 0.2) is 0 Å². The number of aliphatic hydroxyl groups excluding tert-OH is 1. The lowest BCUT2D eigenvalue weighted by Crippen LogP contribution is -2.48. The summed E-state index contributed by atoms with van der Waals surface area (Å²) in [5.74, 6) is 0.0879. The van der Waals surface area contributed by atoms with E-state index in [0.29, 0.717) is 13.0 Å². The summed E-state index contributed by atoms with van der Waals surface area (Å²) in [6.45, 7) is 4.24. The van der Waals surface area contributed by atoms with E-state index in [9.17, 15) is 9.90 Å². The number of rotatable bonds is 5. The van der Waals surface area contributed by atoms with Crippen LogP contribution in [0.15, 0.2) is 30.3 Å². The van der Waals surface area contributed by atoms with Gasteiger partial charge in [-0.1, -0.05) is 30.3 Å². The quantitative estimate of drug-likeness (QED) is 0.779. The van der Waals surface area contributed by atoms with Crippen LogP contribution in [-0.4, -0.2) is 30.6 Å². The Labute approximate surface area is 132 Å². The van der Waals surface area contributed by atoms with Crippen LogP contribution in [0.4, 0.5) is 0 Å². The van der Waals surface area contributed by atoms with Crippen molar-refractivity contribution in [3.63, 3.8) is 0 Å². The Hall–Kier alpha value is -1.10. The number of nitrogens with one attached hydrogen (secondary N) is 2. The van der Waals surface area contributed by atoms with Crippen LogP contribution in [0.1, 0.15) is 37.9 Å². The maximum absolute atomic E-state index is 12.2.